The molecule has 0 unspecified atom stereocenters. The number of aryl methyl sites for hydroxylation is 1. The standard InChI is InChI=1S/C25H23NO6S/c1-16-19-12-8-9-13-20(19)26(33(28,29)18-10-6-5-7-11-18)23(16)22-17(15-27)14-21(30-2)24(31-3)25(22)32-4/h5-15H,1-4H3. The molecule has 1 aromatic heterocycles. The van der Waals surface area contributed by atoms with Crippen LogP contribution in [0.2, 0.25) is 0 Å². The summed E-state index contributed by atoms with van der Waals surface area (Å²) in [6.45, 7) is 1.82. The molecule has 1 heterocycles. The maximum Gasteiger partial charge on any atom is 0.268 e. The summed E-state index contributed by atoms with van der Waals surface area (Å²) in [4.78, 5) is 12.3. The van der Waals surface area contributed by atoms with E-state index < -0.39 is 10.0 Å². The van der Waals surface area contributed by atoms with Gasteiger partial charge in [0.25, 0.3) is 10.0 Å². The quantitative estimate of drug-likeness (QED) is 0.368. The Balaban J connectivity index is 2.23. The van der Waals surface area contributed by atoms with Crippen LogP contribution in [0, 0.1) is 6.92 Å². The number of ether oxygens (including phenoxy) is 3. The molecule has 170 valence electrons. The first kappa shape index (κ1) is 22.4. The number of rotatable bonds is 7. The molecule has 0 saturated heterocycles. The highest BCUT2D eigenvalue weighted by Crippen LogP contribution is 2.49. The molecular weight excluding hydrogens is 442 g/mol. The van der Waals surface area contributed by atoms with Crippen LogP contribution in [-0.4, -0.2) is 40.0 Å². The molecule has 0 N–H and O–H groups in total. The predicted octanol–water partition coefficient (Wildman–Crippen LogP) is 4.69. The second kappa shape index (κ2) is 8.63. The first-order valence-electron chi connectivity index (χ1n) is 10.1. The topological polar surface area (TPSA) is 83.8 Å². The van der Waals surface area contributed by atoms with Crippen LogP contribution in [0.3, 0.4) is 0 Å². The molecule has 0 atom stereocenters. The average Bonchev–Trinajstić information content (AvgIpc) is 3.15. The van der Waals surface area contributed by atoms with Crippen LogP contribution in [0.5, 0.6) is 17.2 Å². The van der Waals surface area contributed by atoms with Gasteiger partial charge >= 0.3 is 0 Å². The maximum atomic E-state index is 13.9. The molecule has 8 heteroatoms. The highest BCUT2D eigenvalue weighted by Gasteiger charge is 2.31. The SMILES string of the molecule is COc1cc(C=O)c(-c2c(C)c3ccccc3n2S(=O)(=O)c2ccccc2)c(OC)c1OC. The van der Waals surface area contributed by atoms with Crippen molar-refractivity contribution in [1.29, 1.82) is 0 Å². The van der Waals surface area contributed by atoms with E-state index in [1.165, 1.54) is 43.5 Å². The maximum absolute atomic E-state index is 13.9. The van der Waals surface area contributed by atoms with Gasteiger partial charge < -0.3 is 14.2 Å². The molecule has 0 fully saturated rings. The lowest BCUT2D eigenvalue weighted by Crippen LogP contribution is -2.15. The van der Waals surface area contributed by atoms with E-state index in [-0.39, 0.29) is 22.0 Å². The summed E-state index contributed by atoms with van der Waals surface area (Å²) < 4.78 is 45.6. The molecule has 7 nitrogen and oxygen atoms in total. The number of hydrogen-bond donors (Lipinski definition) is 0. The van der Waals surface area contributed by atoms with Crippen molar-refractivity contribution in [1.82, 2.24) is 3.97 Å². The third kappa shape index (κ3) is 3.43. The van der Waals surface area contributed by atoms with Gasteiger partial charge in [-0.15, -0.1) is 0 Å². The van der Waals surface area contributed by atoms with Gasteiger partial charge in [0.05, 0.1) is 43.0 Å². The van der Waals surface area contributed by atoms with Crippen molar-refractivity contribution in [3.05, 3.63) is 71.8 Å². The number of benzene rings is 3. The van der Waals surface area contributed by atoms with Crippen LogP contribution in [0.15, 0.2) is 65.6 Å². The van der Waals surface area contributed by atoms with E-state index in [0.29, 0.717) is 34.4 Å². The van der Waals surface area contributed by atoms with Crippen LogP contribution in [-0.2, 0) is 10.0 Å². The number of methoxy groups -OCH3 is 3. The van der Waals surface area contributed by atoms with Gasteiger partial charge in [0, 0.05) is 10.9 Å². The number of aromatic nitrogens is 1. The Morgan fingerprint density at radius 2 is 1.48 bits per heavy atom. The number of para-hydroxylation sites is 1. The summed E-state index contributed by atoms with van der Waals surface area (Å²) in [7, 11) is 0.303. The van der Waals surface area contributed by atoms with E-state index in [2.05, 4.69) is 0 Å². The largest absolute Gasteiger partial charge is 0.493 e. The molecule has 0 radical (unpaired) electrons. The second-order valence-corrected chi connectivity index (χ2v) is 9.09. The van der Waals surface area contributed by atoms with Crippen molar-refractivity contribution in [3.8, 4) is 28.5 Å². The molecule has 0 aliphatic rings. The Bertz CT molecular complexity index is 1460. The zero-order chi connectivity index (χ0) is 23.8. The van der Waals surface area contributed by atoms with Crippen molar-refractivity contribution in [3.63, 3.8) is 0 Å². The fraction of sp³-hybridized carbons (Fsp3) is 0.160. The predicted molar refractivity (Wildman–Crippen MR) is 126 cm³/mol. The first-order chi connectivity index (χ1) is 15.9. The highest BCUT2D eigenvalue weighted by molar-refractivity contribution is 7.90. The lowest BCUT2D eigenvalue weighted by Gasteiger charge is -2.20. The Labute approximate surface area is 192 Å². The summed E-state index contributed by atoms with van der Waals surface area (Å²) in [6, 6.07) is 16.9. The van der Waals surface area contributed by atoms with E-state index >= 15 is 0 Å². The summed E-state index contributed by atoms with van der Waals surface area (Å²) in [5, 5.41) is 0.737. The van der Waals surface area contributed by atoms with Gasteiger partial charge in [0.2, 0.25) is 5.75 Å². The van der Waals surface area contributed by atoms with Crippen LogP contribution in [0.25, 0.3) is 22.2 Å². The van der Waals surface area contributed by atoms with Gasteiger partial charge in [0.15, 0.2) is 17.8 Å². The molecule has 4 rings (SSSR count). The minimum absolute atomic E-state index is 0.124. The molecule has 0 aliphatic heterocycles. The van der Waals surface area contributed by atoms with Crippen LogP contribution in [0.4, 0.5) is 0 Å². The normalized spacial score (nSPS) is 11.4. The molecule has 33 heavy (non-hydrogen) atoms. The number of carbonyl (C=O) groups excluding carboxylic acids is 1. The summed E-state index contributed by atoms with van der Waals surface area (Å²) in [5.41, 5.74) is 2.00. The molecule has 0 spiro atoms. The van der Waals surface area contributed by atoms with Crippen molar-refractivity contribution in [2.75, 3.05) is 21.3 Å². The van der Waals surface area contributed by atoms with Gasteiger partial charge in [-0.1, -0.05) is 36.4 Å². The lowest BCUT2D eigenvalue weighted by atomic mass is 9.99. The number of carbonyl (C=O) groups is 1. The lowest BCUT2D eigenvalue weighted by molar-refractivity contribution is 0.112. The van der Waals surface area contributed by atoms with E-state index in [1.54, 1.807) is 30.3 Å². The van der Waals surface area contributed by atoms with Crippen LogP contribution in [0.1, 0.15) is 15.9 Å². The number of hydrogen-bond acceptors (Lipinski definition) is 6. The van der Waals surface area contributed by atoms with Gasteiger partial charge in [-0.05, 0) is 36.8 Å². The summed E-state index contributed by atoms with van der Waals surface area (Å²) >= 11 is 0. The van der Waals surface area contributed by atoms with Crippen LogP contribution < -0.4 is 14.2 Å². The van der Waals surface area contributed by atoms with Crippen molar-refractivity contribution in [2.45, 2.75) is 11.8 Å². The van der Waals surface area contributed by atoms with E-state index in [1.807, 2.05) is 19.1 Å². The molecular formula is C25H23NO6S. The monoisotopic (exact) mass is 465 g/mol. The Morgan fingerprint density at radius 1 is 0.848 bits per heavy atom. The number of fused-ring (bicyclic) bond motifs is 1. The van der Waals surface area contributed by atoms with Crippen molar-refractivity contribution < 1.29 is 27.4 Å². The molecule has 0 saturated carbocycles. The summed E-state index contributed by atoms with van der Waals surface area (Å²) in [5.74, 6) is 0.759. The molecule has 0 aliphatic carbocycles. The molecule has 4 aromatic rings. The summed E-state index contributed by atoms with van der Waals surface area (Å²) in [6.07, 6.45) is 0.649. The second-order valence-electron chi connectivity index (χ2n) is 7.30. The van der Waals surface area contributed by atoms with E-state index in [0.717, 1.165) is 5.39 Å². The van der Waals surface area contributed by atoms with Gasteiger partial charge in [-0.2, -0.15) is 0 Å². The van der Waals surface area contributed by atoms with E-state index in [4.69, 9.17) is 14.2 Å². The third-order valence-corrected chi connectivity index (χ3v) is 7.32. The smallest absolute Gasteiger partial charge is 0.268 e. The van der Waals surface area contributed by atoms with E-state index in [9.17, 15) is 13.2 Å². The first-order valence-corrected chi connectivity index (χ1v) is 11.5. The van der Waals surface area contributed by atoms with Crippen molar-refractivity contribution >= 4 is 27.2 Å². The van der Waals surface area contributed by atoms with Gasteiger partial charge in [-0.3, -0.25) is 4.79 Å². The minimum Gasteiger partial charge on any atom is -0.493 e. The van der Waals surface area contributed by atoms with Crippen molar-refractivity contribution in [2.24, 2.45) is 0 Å². The van der Waals surface area contributed by atoms with Gasteiger partial charge in [0.1, 0.15) is 0 Å². The highest BCUT2D eigenvalue weighted by atomic mass is 32.2. The third-order valence-electron chi connectivity index (χ3n) is 5.59. The molecule has 0 bridgehead atoms. The zero-order valence-electron chi connectivity index (χ0n) is 18.7. The van der Waals surface area contributed by atoms with Crippen LogP contribution >= 0.6 is 0 Å². The Morgan fingerprint density at radius 3 is 2.09 bits per heavy atom. The Hall–Kier alpha value is -3.78. The zero-order valence-corrected chi connectivity index (χ0v) is 19.5. The van der Waals surface area contributed by atoms with Gasteiger partial charge in [-0.25, -0.2) is 12.4 Å². The molecule has 0 amide bonds. The number of nitrogens with zero attached hydrogens (tertiary/aromatic N) is 1. The fourth-order valence-electron chi connectivity index (χ4n) is 4.12. The average molecular weight is 466 g/mol. The number of aldehydes is 1. The fourth-order valence-corrected chi connectivity index (χ4v) is 5.72. The Kier molecular flexibility index (Phi) is 5.86. The minimum atomic E-state index is -4.04. The molecule has 3 aromatic carbocycles.